The molecule has 0 unspecified atom stereocenters. The normalized spacial score (nSPS) is 15.7. The molecular weight excluding hydrogens is 330 g/mol. The SMILES string of the molecule is CCN1CCN(c2ccc(NC(=O)/C=C/c3cccs3)c(C)c2)CC1. The van der Waals surface area contributed by atoms with Gasteiger partial charge >= 0.3 is 0 Å². The minimum atomic E-state index is -0.0965. The zero-order chi connectivity index (χ0) is 17.6. The van der Waals surface area contributed by atoms with Gasteiger partial charge in [-0.15, -0.1) is 11.3 Å². The van der Waals surface area contributed by atoms with Crippen LogP contribution in [-0.2, 0) is 4.79 Å². The number of piperazine rings is 1. The Labute approximate surface area is 153 Å². The van der Waals surface area contributed by atoms with Gasteiger partial charge in [0.15, 0.2) is 0 Å². The third kappa shape index (κ3) is 4.71. The average molecular weight is 356 g/mol. The highest BCUT2D eigenvalue weighted by molar-refractivity contribution is 7.10. The minimum Gasteiger partial charge on any atom is -0.369 e. The summed E-state index contributed by atoms with van der Waals surface area (Å²) in [5, 5.41) is 4.97. The molecule has 1 fully saturated rings. The number of rotatable bonds is 5. The molecule has 1 aliphatic heterocycles. The Morgan fingerprint density at radius 3 is 2.68 bits per heavy atom. The van der Waals surface area contributed by atoms with Crippen LogP contribution >= 0.6 is 11.3 Å². The Morgan fingerprint density at radius 1 is 1.24 bits per heavy atom. The highest BCUT2D eigenvalue weighted by Gasteiger charge is 2.16. The molecule has 4 nitrogen and oxygen atoms in total. The van der Waals surface area contributed by atoms with Crippen LogP contribution in [0.15, 0.2) is 41.8 Å². The van der Waals surface area contributed by atoms with Gasteiger partial charge in [0.25, 0.3) is 0 Å². The van der Waals surface area contributed by atoms with E-state index in [9.17, 15) is 4.79 Å². The molecule has 0 aliphatic carbocycles. The molecule has 2 heterocycles. The van der Waals surface area contributed by atoms with Crippen LogP contribution in [0.2, 0.25) is 0 Å². The monoisotopic (exact) mass is 355 g/mol. The fraction of sp³-hybridized carbons (Fsp3) is 0.350. The zero-order valence-corrected chi connectivity index (χ0v) is 15.7. The molecule has 0 atom stereocenters. The minimum absolute atomic E-state index is 0.0965. The van der Waals surface area contributed by atoms with Crippen molar-refractivity contribution in [3.8, 4) is 0 Å². The summed E-state index contributed by atoms with van der Waals surface area (Å²) in [5.41, 5.74) is 3.20. The van der Waals surface area contributed by atoms with Gasteiger partial charge in [0.05, 0.1) is 0 Å². The van der Waals surface area contributed by atoms with Gasteiger partial charge in [0.2, 0.25) is 5.91 Å². The number of amides is 1. The number of hydrogen-bond acceptors (Lipinski definition) is 4. The molecule has 25 heavy (non-hydrogen) atoms. The molecule has 1 N–H and O–H groups in total. The number of likely N-dealkylation sites (N-methyl/N-ethyl adjacent to an activating group) is 1. The van der Waals surface area contributed by atoms with Crippen molar-refractivity contribution in [2.24, 2.45) is 0 Å². The fourth-order valence-electron chi connectivity index (χ4n) is 3.03. The molecule has 3 rings (SSSR count). The molecule has 1 aromatic heterocycles. The topological polar surface area (TPSA) is 35.6 Å². The third-order valence-corrected chi connectivity index (χ3v) is 5.43. The summed E-state index contributed by atoms with van der Waals surface area (Å²) in [4.78, 5) is 18.1. The largest absolute Gasteiger partial charge is 0.369 e. The predicted molar refractivity (Wildman–Crippen MR) is 107 cm³/mol. The van der Waals surface area contributed by atoms with Crippen LogP contribution in [0.5, 0.6) is 0 Å². The molecule has 1 amide bonds. The van der Waals surface area contributed by atoms with Crippen molar-refractivity contribution < 1.29 is 4.79 Å². The molecular formula is C20H25N3OS. The summed E-state index contributed by atoms with van der Waals surface area (Å²) in [5.74, 6) is -0.0965. The highest BCUT2D eigenvalue weighted by Crippen LogP contribution is 2.24. The number of nitrogens with one attached hydrogen (secondary N) is 1. The second kappa shape index (κ2) is 8.32. The molecule has 1 saturated heterocycles. The van der Waals surface area contributed by atoms with E-state index >= 15 is 0 Å². The van der Waals surface area contributed by atoms with Crippen LogP contribution in [0.1, 0.15) is 17.4 Å². The van der Waals surface area contributed by atoms with E-state index in [1.54, 1.807) is 17.4 Å². The lowest BCUT2D eigenvalue weighted by Gasteiger charge is -2.35. The molecule has 0 bridgehead atoms. The summed E-state index contributed by atoms with van der Waals surface area (Å²) in [6, 6.07) is 10.2. The number of nitrogens with zero attached hydrogens (tertiary/aromatic N) is 2. The van der Waals surface area contributed by atoms with Gasteiger partial charge < -0.3 is 15.1 Å². The van der Waals surface area contributed by atoms with E-state index in [4.69, 9.17) is 0 Å². The maximum atomic E-state index is 12.1. The predicted octanol–water partition coefficient (Wildman–Crippen LogP) is 3.85. The van der Waals surface area contributed by atoms with Crippen molar-refractivity contribution >= 4 is 34.7 Å². The van der Waals surface area contributed by atoms with E-state index in [2.05, 4.69) is 34.2 Å². The van der Waals surface area contributed by atoms with Crippen LogP contribution in [0.4, 0.5) is 11.4 Å². The first kappa shape index (κ1) is 17.7. The van der Waals surface area contributed by atoms with E-state index in [-0.39, 0.29) is 5.91 Å². The van der Waals surface area contributed by atoms with Crippen molar-refractivity contribution in [3.63, 3.8) is 0 Å². The van der Waals surface area contributed by atoms with E-state index in [1.165, 1.54) is 5.69 Å². The summed E-state index contributed by atoms with van der Waals surface area (Å²) in [6.07, 6.45) is 3.43. The molecule has 2 aromatic rings. The van der Waals surface area contributed by atoms with Gasteiger partial charge in [0, 0.05) is 48.5 Å². The first-order valence-corrected chi connectivity index (χ1v) is 9.64. The Bertz CT molecular complexity index is 731. The van der Waals surface area contributed by atoms with E-state index in [1.807, 2.05) is 36.6 Å². The number of anilines is 2. The van der Waals surface area contributed by atoms with Crippen molar-refractivity contribution in [3.05, 3.63) is 52.2 Å². The summed E-state index contributed by atoms with van der Waals surface area (Å²) in [7, 11) is 0. The number of benzene rings is 1. The lowest BCUT2D eigenvalue weighted by atomic mass is 10.1. The van der Waals surface area contributed by atoms with Crippen LogP contribution in [0.25, 0.3) is 6.08 Å². The molecule has 0 radical (unpaired) electrons. The van der Waals surface area contributed by atoms with Gasteiger partial charge in [-0.3, -0.25) is 4.79 Å². The van der Waals surface area contributed by atoms with Crippen LogP contribution in [0, 0.1) is 6.92 Å². The first-order valence-electron chi connectivity index (χ1n) is 8.76. The second-order valence-corrected chi connectivity index (χ2v) is 7.24. The third-order valence-electron chi connectivity index (χ3n) is 4.59. The number of carbonyl (C=O) groups excluding carboxylic acids is 1. The first-order chi connectivity index (χ1) is 12.2. The maximum absolute atomic E-state index is 12.1. The smallest absolute Gasteiger partial charge is 0.248 e. The highest BCUT2D eigenvalue weighted by atomic mass is 32.1. The number of carbonyl (C=O) groups is 1. The Kier molecular flexibility index (Phi) is 5.89. The summed E-state index contributed by atoms with van der Waals surface area (Å²) >= 11 is 1.62. The van der Waals surface area contributed by atoms with Gasteiger partial charge in [0.1, 0.15) is 0 Å². The van der Waals surface area contributed by atoms with Gasteiger partial charge in [-0.1, -0.05) is 13.0 Å². The Morgan fingerprint density at radius 2 is 2.04 bits per heavy atom. The zero-order valence-electron chi connectivity index (χ0n) is 14.9. The Hall–Kier alpha value is -2.11. The van der Waals surface area contributed by atoms with Crippen molar-refractivity contribution in [2.45, 2.75) is 13.8 Å². The molecule has 1 aromatic carbocycles. The molecule has 0 spiro atoms. The van der Waals surface area contributed by atoms with E-state index < -0.39 is 0 Å². The summed E-state index contributed by atoms with van der Waals surface area (Å²) < 4.78 is 0. The Balaban J connectivity index is 1.61. The van der Waals surface area contributed by atoms with Crippen LogP contribution in [-0.4, -0.2) is 43.5 Å². The van der Waals surface area contributed by atoms with Crippen LogP contribution < -0.4 is 10.2 Å². The fourth-order valence-corrected chi connectivity index (χ4v) is 3.64. The summed E-state index contributed by atoms with van der Waals surface area (Å²) in [6.45, 7) is 9.72. The number of aryl methyl sites for hydroxylation is 1. The van der Waals surface area contributed by atoms with Crippen molar-refractivity contribution in [1.29, 1.82) is 0 Å². The quantitative estimate of drug-likeness (QED) is 0.828. The standard InChI is InChI=1S/C20H25N3OS/c1-3-22-10-12-23(13-11-22)17-6-8-19(16(2)15-17)21-20(24)9-7-18-5-4-14-25-18/h4-9,14-15H,3,10-13H2,1-2H3,(H,21,24)/b9-7+. The molecule has 0 saturated carbocycles. The van der Waals surface area contributed by atoms with E-state index in [0.717, 1.165) is 48.9 Å². The van der Waals surface area contributed by atoms with Gasteiger partial charge in [-0.05, 0) is 54.8 Å². The van der Waals surface area contributed by atoms with Crippen molar-refractivity contribution in [1.82, 2.24) is 4.90 Å². The maximum Gasteiger partial charge on any atom is 0.248 e. The number of hydrogen-bond donors (Lipinski definition) is 1. The van der Waals surface area contributed by atoms with Crippen molar-refractivity contribution in [2.75, 3.05) is 42.9 Å². The average Bonchev–Trinajstić information content (AvgIpc) is 3.15. The van der Waals surface area contributed by atoms with Gasteiger partial charge in [-0.2, -0.15) is 0 Å². The van der Waals surface area contributed by atoms with Crippen LogP contribution in [0.3, 0.4) is 0 Å². The molecule has 132 valence electrons. The number of thiophene rings is 1. The molecule has 1 aliphatic rings. The van der Waals surface area contributed by atoms with E-state index in [0.29, 0.717) is 0 Å². The lowest BCUT2D eigenvalue weighted by Crippen LogP contribution is -2.46. The van der Waals surface area contributed by atoms with Gasteiger partial charge in [-0.25, -0.2) is 0 Å². The molecule has 5 heteroatoms. The second-order valence-electron chi connectivity index (χ2n) is 6.26. The lowest BCUT2D eigenvalue weighted by molar-refractivity contribution is -0.111.